The summed E-state index contributed by atoms with van der Waals surface area (Å²) in [6.07, 6.45) is 6.00. The molecule has 0 spiro atoms. The molecule has 2 aliphatic heterocycles. The van der Waals surface area contributed by atoms with Crippen LogP contribution >= 0.6 is 11.3 Å². The molecule has 2 N–H and O–H groups in total. The third-order valence-corrected chi connectivity index (χ3v) is 6.53. The first-order valence-electron chi connectivity index (χ1n) is 10.0. The molecule has 2 saturated heterocycles. The Labute approximate surface area is 173 Å². The van der Waals surface area contributed by atoms with Gasteiger partial charge in [0.25, 0.3) is 0 Å². The zero-order chi connectivity index (χ0) is 19.8. The van der Waals surface area contributed by atoms with E-state index in [1.807, 2.05) is 31.2 Å². The molecular formula is C21H23N5O2S. The van der Waals surface area contributed by atoms with Crippen molar-refractivity contribution in [1.82, 2.24) is 25.7 Å². The molecule has 0 aliphatic carbocycles. The van der Waals surface area contributed by atoms with E-state index in [-0.39, 0.29) is 11.9 Å². The zero-order valence-electron chi connectivity index (χ0n) is 16.2. The third kappa shape index (κ3) is 3.95. The van der Waals surface area contributed by atoms with E-state index in [0.29, 0.717) is 29.2 Å². The lowest BCUT2D eigenvalue weighted by Gasteiger charge is -2.39. The number of piperidine rings is 2. The van der Waals surface area contributed by atoms with Crippen LogP contribution in [0.4, 0.5) is 0 Å². The van der Waals surface area contributed by atoms with Gasteiger partial charge in [0.1, 0.15) is 21.9 Å². The minimum atomic E-state index is 0.143. The van der Waals surface area contributed by atoms with Crippen LogP contribution in [0.15, 0.2) is 30.3 Å². The third-order valence-electron chi connectivity index (χ3n) is 5.65. The Kier molecular flexibility index (Phi) is 4.89. The number of nitrogens with zero attached hydrogens (tertiary/aromatic N) is 4. The summed E-state index contributed by atoms with van der Waals surface area (Å²) in [6, 6.07) is 10.2. The fourth-order valence-electron chi connectivity index (χ4n) is 4.30. The number of aromatic hydroxyl groups is 1. The number of aryl methyl sites for hydroxylation is 1. The SMILES string of the molecule is Cc1nnc(-c2ccc(-c3ccc(OC4C[C@H]5CCC[C@@H](C4)N5)nn3)c(O)c2)s1. The van der Waals surface area contributed by atoms with Crippen molar-refractivity contribution in [1.29, 1.82) is 0 Å². The van der Waals surface area contributed by atoms with Gasteiger partial charge in [-0.15, -0.1) is 20.4 Å². The van der Waals surface area contributed by atoms with Crippen LogP contribution in [0.25, 0.3) is 21.8 Å². The van der Waals surface area contributed by atoms with Gasteiger partial charge in [-0.1, -0.05) is 23.8 Å². The summed E-state index contributed by atoms with van der Waals surface area (Å²) in [6.45, 7) is 1.91. The molecule has 8 heteroatoms. The Morgan fingerprint density at radius 1 is 1.03 bits per heavy atom. The van der Waals surface area contributed by atoms with Crippen molar-refractivity contribution < 1.29 is 9.84 Å². The molecule has 1 unspecified atom stereocenters. The van der Waals surface area contributed by atoms with Crippen LogP contribution < -0.4 is 10.1 Å². The number of nitrogens with one attached hydrogen (secondary N) is 1. The highest BCUT2D eigenvalue weighted by Gasteiger charge is 2.32. The van der Waals surface area contributed by atoms with E-state index in [2.05, 4.69) is 25.7 Å². The summed E-state index contributed by atoms with van der Waals surface area (Å²) in [5.74, 6) is 0.684. The van der Waals surface area contributed by atoms with Crippen molar-refractivity contribution in [2.24, 2.45) is 0 Å². The van der Waals surface area contributed by atoms with E-state index >= 15 is 0 Å². The molecule has 5 rings (SSSR count). The number of rotatable bonds is 4. The Bertz CT molecular complexity index is 995. The van der Waals surface area contributed by atoms with Gasteiger partial charge < -0.3 is 15.2 Å². The lowest BCUT2D eigenvalue weighted by atomic mass is 9.85. The molecule has 4 heterocycles. The average Bonchev–Trinajstić information content (AvgIpc) is 3.15. The van der Waals surface area contributed by atoms with E-state index in [9.17, 15) is 5.11 Å². The number of benzene rings is 1. The van der Waals surface area contributed by atoms with Gasteiger partial charge in [0.05, 0.1) is 5.69 Å². The molecule has 2 fully saturated rings. The van der Waals surface area contributed by atoms with Crippen LogP contribution in [0.2, 0.25) is 0 Å². The van der Waals surface area contributed by atoms with Crippen LogP contribution in [0.3, 0.4) is 0 Å². The van der Waals surface area contributed by atoms with Crippen molar-refractivity contribution in [2.45, 2.75) is 57.2 Å². The lowest BCUT2D eigenvalue weighted by molar-refractivity contribution is 0.0881. The number of hydrogen-bond acceptors (Lipinski definition) is 8. The summed E-state index contributed by atoms with van der Waals surface area (Å²) < 4.78 is 6.10. The van der Waals surface area contributed by atoms with Gasteiger partial charge in [-0.2, -0.15) is 0 Å². The molecule has 150 valence electrons. The van der Waals surface area contributed by atoms with Gasteiger partial charge in [0, 0.05) is 29.3 Å². The molecule has 3 atom stereocenters. The summed E-state index contributed by atoms with van der Waals surface area (Å²) >= 11 is 1.49. The Hall–Kier alpha value is -2.58. The molecule has 2 aliphatic rings. The largest absolute Gasteiger partial charge is 0.507 e. The molecule has 29 heavy (non-hydrogen) atoms. The summed E-state index contributed by atoms with van der Waals surface area (Å²) in [5.41, 5.74) is 2.07. The van der Waals surface area contributed by atoms with Gasteiger partial charge >= 0.3 is 0 Å². The maximum atomic E-state index is 10.5. The van der Waals surface area contributed by atoms with Gasteiger partial charge in [-0.3, -0.25) is 0 Å². The maximum Gasteiger partial charge on any atom is 0.233 e. The summed E-state index contributed by atoms with van der Waals surface area (Å²) in [5, 5.41) is 32.5. The highest BCUT2D eigenvalue weighted by Crippen LogP contribution is 2.34. The standard InChI is InChI=1S/C21H23N5O2S/c1-12-23-26-21(29-12)13-5-6-17(19(27)9-13)18-7-8-20(25-24-18)28-16-10-14-3-2-4-15(11-16)22-14/h5-9,14-16,22,27H,2-4,10-11H2,1H3/t14-,15+,16?. The first-order valence-corrected chi connectivity index (χ1v) is 10.9. The molecule has 0 amide bonds. The molecule has 0 saturated carbocycles. The fraction of sp³-hybridized carbons (Fsp3) is 0.429. The first-order chi connectivity index (χ1) is 14.1. The molecule has 0 radical (unpaired) electrons. The second-order valence-corrected chi connectivity index (χ2v) is 9.00. The average molecular weight is 410 g/mol. The van der Waals surface area contributed by atoms with E-state index in [0.717, 1.165) is 28.4 Å². The van der Waals surface area contributed by atoms with Gasteiger partial charge in [-0.25, -0.2) is 0 Å². The summed E-state index contributed by atoms with van der Waals surface area (Å²) in [4.78, 5) is 0. The van der Waals surface area contributed by atoms with E-state index in [4.69, 9.17) is 4.74 Å². The van der Waals surface area contributed by atoms with Crippen molar-refractivity contribution in [3.63, 3.8) is 0 Å². The number of aromatic nitrogens is 4. The van der Waals surface area contributed by atoms with Gasteiger partial charge in [0.2, 0.25) is 5.88 Å². The van der Waals surface area contributed by atoms with Crippen molar-refractivity contribution >= 4 is 11.3 Å². The highest BCUT2D eigenvalue weighted by molar-refractivity contribution is 7.14. The number of phenols is 1. The van der Waals surface area contributed by atoms with Crippen molar-refractivity contribution in [3.8, 4) is 33.5 Å². The molecule has 1 aromatic carbocycles. The van der Waals surface area contributed by atoms with Crippen LogP contribution in [0.1, 0.15) is 37.1 Å². The minimum Gasteiger partial charge on any atom is -0.507 e. The smallest absolute Gasteiger partial charge is 0.233 e. The summed E-state index contributed by atoms with van der Waals surface area (Å²) in [7, 11) is 0. The fourth-order valence-corrected chi connectivity index (χ4v) is 4.99. The van der Waals surface area contributed by atoms with E-state index in [1.165, 1.54) is 30.6 Å². The molecule has 2 aromatic heterocycles. The Balaban J connectivity index is 1.30. The lowest BCUT2D eigenvalue weighted by Crippen LogP contribution is -2.51. The number of phenolic OH excluding ortho intramolecular Hbond substituents is 1. The van der Waals surface area contributed by atoms with Crippen LogP contribution in [0.5, 0.6) is 11.6 Å². The predicted octanol–water partition coefficient (Wildman–Crippen LogP) is 3.73. The van der Waals surface area contributed by atoms with Gasteiger partial charge in [-0.05, 0) is 50.8 Å². The van der Waals surface area contributed by atoms with E-state index < -0.39 is 0 Å². The zero-order valence-corrected chi connectivity index (χ0v) is 17.0. The monoisotopic (exact) mass is 409 g/mol. The van der Waals surface area contributed by atoms with Gasteiger partial charge in [0.15, 0.2) is 0 Å². The normalized spacial score (nSPS) is 23.7. The molecular weight excluding hydrogens is 386 g/mol. The van der Waals surface area contributed by atoms with Crippen molar-refractivity contribution in [2.75, 3.05) is 0 Å². The number of fused-ring (bicyclic) bond motifs is 2. The minimum absolute atomic E-state index is 0.143. The van der Waals surface area contributed by atoms with Crippen molar-refractivity contribution in [3.05, 3.63) is 35.3 Å². The molecule has 7 nitrogen and oxygen atoms in total. The quantitative estimate of drug-likeness (QED) is 0.678. The highest BCUT2D eigenvalue weighted by atomic mass is 32.1. The Morgan fingerprint density at radius 2 is 1.86 bits per heavy atom. The first kappa shape index (κ1) is 18.4. The number of hydrogen-bond donors (Lipinski definition) is 2. The number of ether oxygens (including phenoxy) is 1. The van der Waals surface area contributed by atoms with E-state index in [1.54, 1.807) is 6.07 Å². The predicted molar refractivity (Wildman–Crippen MR) is 111 cm³/mol. The molecule has 2 bridgehead atoms. The maximum absolute atomic E-state index is 10.5. The van der Waals surface area contributed by atoms with Crippen LogP contribution in [-0.2, 0) is 0 Å². The second-order valence-electron chi connectivity index (χ2n) is 7.82. The Morgan fingerprint density at radius 3 is 2.52 bits per heavy atom. The van der Waals surface area contributed by atoms with Crippen LogP contribution in [0, 0.1) is 6.92 Å². The molecule has 3 aromatic rings. The second kappa shape index (κ2) is 7.68. The van der Waals surface area contributed by atoms with Crippen LogP contribution in [-0.4, -0.2) is 43.7 Å². The topological polar surface area (TPSA) is 93.1 Å².